The molecule has 0 bridgehead atoms. The lowest BCUT2D eigenvalue weighted by Crippen LogP contribution is -2.54. The second kappa shape index (κ2) is 14.9. The number of nitrogens with zero attached hydrogens (tertiary/aromatic N) is 2. The van der Waals surface area contributed by atoms with Crippen molar-refractivity contribution in [2.75, 3.05) is 10.8 Å². The lowest BCUT2D eigenvalue weighted by Gasteiger charge is -2.34. The number of nitrogens with one attached hydrogen (secondary N) is 1. The number of hydrogen-bond donors (Lipinski definition) is 1. The molecule has 1 fully saturated rings. The number of anilines is 1. The summed E-state index contributed by atoms with van der Waals surface area (Å²) in [6.45, 7) is 1.23. The first kappa shape index (κ1) is 33.2. The van der Waals surface area contributed by atoms with Crippen LogP contribution < -0.4 is 9.62 Å². The minimum Gasteiger partial charge on any atom is -0.352 e. The Morgan fingerprint density at radius 1 is 0.891 bits per heavy atom. The zero-order valence-electron chi connectivity index (χ0n) is 25.6. The van der Waals surface area contributed by atoms with Crippen LogP contribution in [0.1, 0.15) is 42.4 Å². The maximum atomic E-state index is 14.5. The molecule has 1 aliphatic carbocycles. The van der Waals surface area contributed by atoms with Crippen LogP contribution in [0, 0.1) is 12.7 Å². The molecular formula is C36H37ClFN3O4S. The molecule has 240 valence electrons. The van der Waals surface area contributed by atoms with E-state index in [1.165, 1.54) is 29.2 Å². The van der Waals surface area contributed by atoms with E-state index in [4.69, 9.17) is 11.6 Å². The molecule has 4 aromatic rings. The first-order valence-corrected chi connectivity index (χ1v) is 17.1. The molecule has 0 heterocycles. The SMILES string of the molecule is Cc1ccc(S(=O)(=O)N(CC(=O)N(Cc2cccc(Cl)c2)[C@H](Cc2ccccc2)C(=O)NC2CCCC2)c2ccc(F)cc2)cc1. The van der Waals surface area contributed by atoms with Gasteiger partial charge in [-0.2, -0.15) is 0 Å². The Labute approximate surface area is 275 Å². The summed E-state index contributed by atoms with van der Waals surface area (Å²) in [5.74, 6) is -1.44. The highest BCUT2D eigenvalue weighted by Crippen LogP contribution is 2.26. The van der Waals surface area contributed by atoms with Gasteiger partial charge in [0.05, 0.1) is 10.6 Å². The molecule has 0 aromatic heterocycles. The maximum Gasteiger partial charge on any atom is 0.264 e. The minimum atomic E-state index is -4.27. The summed E-state index contributed by atoms with van der Waals surface area (Å²) in [6.07, 6.45) is 3.97. The Kier molecular flexibility index (Phi) is 10.8. The van der Waals surface area contributed by atoms with Crippen molar-refractivity contribution in [3.05, 3.63) is 131 Å². The van der Waals surface area contributed by atoms with Gasteiger partial charge in [-0.1, -0.05) is 84.6 Å². The van der Waals surface area contributed by atoms with Gasteiger partial charge in [-0.05, 0) is 79.4 Å². The van der Waals surface area contributed by atoms with Crippen LogP contribution >= 0.6 is 11.6 Å². The summed E-state index contributed by atoms with van der Waals surface area (Å²) in [5, 5.41) is 3.62. The predicted octanol–water partition coefficient (Wildman–Crippen LogP) is 6.68. The van der Waals surface area contributed by atoms with E-state index in [-0.39, 0.29) is 35.5 Å². The summed E-state index contributed by atoms with van der Waals surface area (Å²) < 4.78 is 43.1. The van der Waals surface area contributed by atoms with Crippen molar-refractivity contribution >= 4 is 39.1 Å². The third kappa shape index (κ3) is 8.33. The second-order valence-corrected chi connectivity index (χ2v) is 13.9. The molecule has 1 saturated carbocycles. The Balaban J connectivity index is 1.56. The number of amides is 2. The predicted molar refractivity (Wildman–Crippen MR) is 178 cm³/mol. The molecule has 0 spiro atoms. The molecule has 46 heavy (non-hydrogen) atoms. The van der Waals surface area contributed by atoms with E-state index in [2.05, 4.69) is 5.32 Å². The van der Waals surface area contributed by atoms with Crippen molar-refractivity contribution in [2.24, 2.45) is 0 Å². The van der Waals surface area contributed by atoms with Gasteiger partial charge in [0.15, 0.2) is 0 Å². The molecule has 10 heteroatoms. The molecule has 0 aliphatic heterocycles. The van der Waals surface area contributed by atoms with Gasteiger partial charge in [-0.25, -0.2) is 12.8 Å². The van der Waals surface area contributed by atoms with Crippen molar-refractivity contribution in [1.82, 2.24) is 10.2 Å². The molecule has 0 radical (unpaired) electrons. The topological polar surface area (TPSA) is 86.8 Å². The van der Waals surface area contributed by atoms with E-state index < -0.39 is 34.3 Å². The quantitative estimate of drug-likeness (QED) is 0.184. The Morgan fingerprint density at radius 2 is 1.54 bits per heavy atom. The van der Waals surface area contributed by atoms with Crippen LogP contribution in [-0.2, 0) is 32.6 Å². The lowest BCUT2D eigenvalue weighted by atomic mass is 10.0. The van der Waals surface area contributed by atoms with Gasteiger partial charge in [-0.15, -0.1) is 0 Å². The fourth-order valence-electron chi connectivity index (χ4n) is 5.73. The van der Waals surface area contributed by atoms with Crippen molar-refractivity contribution in [3.8, 4) is 0 Å². The van der Waals surface area contributed by atoms with E-state index in [0.29, 0.717) is 10.6 Å². The minimum absolute atomic E-state index is 0.00604. The third-order valence-corrected chi connectivity index (χ3v) is 10.2. The van der Waals surface area contributed by atoms with E-state index in [1.807, 2.05) is 37.3 Å². The fraction of sp³-hybridized carbons (Fsp3) is 0.278. The molecule has 1 aliphatic rings. The van der Waals surface area contributed by atoms with E-state index in [1.54, 1.807) is 36.4 Å². The van der Waals surface area contributed by atoms with Gasteiger partial charge in [0, 0.05) is 24.0 Å². The van der Waals surface area contributed by atoms with E-state index in [9.17, 15) is 22.4 Å². The maximum absolute atomic E-state index is 14.5. The Morgan fingerprint density at radius 3 is 2.20 bits per heavy atom. The summed E-state index contributed by atoms with van der Waals surface area (Å²) in [4.78, 5) is 30.0. The summed E-state index contributed by atoms with van der Waals surface area (Å²) in [7, 11) is -4.27. The van der Waals surface area contributed by atoms with Gasteiger partial charge < -0.3 is 10.2 Å². The van der Waals surface area contributed by atoms with Crippen LogP contribution in [0.3, 0.4) is 0 Å². The zero-order valence-corrected chi connectivity index (χ0v) is 27.2. The monoisotopic (exact) mass is 661 g/mol. The van der Waals surface area contributed by atoms with Crippen LogP contribution in [0.5, 0.6) is 0 Å². The van der Waals surface area contributed by atoms with Gasteiger partial charge in [0.25, 0.3) is 10.0 Å². The number of benzene rings is 4. The first-order chi connectivity index (χ1) is 22.1. The number of hydrogen-bond acceptors (Lipinski definition) is 4. The van der Waals surface area contributed by atoms with Gasteiger partial charge in [0.2, 0.25) is 11.8 Å². The van der Waals surface area contributed by atoms with Gasteiger partial charge >= 0.3 is 0 Å². The number of sulfonamides is 1. The van der Waals surface area contributed by atoms with Crippen molar-refractivity contribution in [3.63, 3.8) is 0 Å². The van der Waals surface area contributed by atoms with Crippen LogP contribution in [-0.4, -0.2) is 43.8 Å². The highest BCUT2D eigenvalue weighted by atomic mass is 35.5. The molecule has 0 unspecified atom stereocenters. The fourth-order valence-corrected chi connectivity index (χ4v) is 7.35. The first-order valence-electron chi connectivity index (χ1n) is 15.3. The molecule has 5 rings (SSSR count). The number of rotatable bonds is 12. The van der Waals surface area contributed by atoms with Crippen LogP contribution in [0.2, 0.25) is 5.02 Å². The molecule has 7 nitrogen and oxygen atoms in total. The number of aryl methyl sites for hydroxylation is 1. The van der Waals surface area contributed by atoms with Crippen molar-refractivity contribution in [1.29, 1.82) is 0 Å². The van der Waals surface area contributed by atoms with E-state index >= 15 is 0 Å². The summed E-state index contributed by atoms with van der Waals surface area (Å²) in [6, 6.07) is 26.7. The highest BCUT2D eigenvalue weighted by molar-refractivity contribution is 7.92. The smallest absolute Gasteiger partial charge is 0.264 e. The van der Waals surface area contributed by atoms with Crippen LogP contribution in [0.15, 0.2) is 108 Å². The summed E-state index contributed by atoms with van der Waals surface area (Å²) >= 11 is 6.31. The van der Waals surface area contributed by atoms with Gasteiger partial charge in [-0.3, -0.25) is 13.9 Å². The number of carbonyl (C=O) groups excluding carboxylic acids is 2. The van der Waals surface area contributed by atoms with E-state index in [0.717, 1.165) is 53.2 Å². The summed E-state index contributed by atoms with van der Waals surface area (Å²) in [5.41, 5.74) is 2.52. The Hall–Kier alpha value is -4.21. The molecule has 4 aromatic carbocycles. The van der Waals surface area contributed by atoms with Crippen molar-refractivity contribution in [2.45, 2.75) is 62.6 Å². The van der Waals surface area contributed by atoms with Crippen LogP contribution in [0.4, 0.5) is 10.1 Å². The second-order valence-electron chi connectivity index (χ2n) is 11.6. The van der Waals surface area contributed by atoms with Crippen LogP contribution in [0.25, 0.3) is 0 Å². The zero-order chi connectivity index (χ0) is 32.7. The average Bonchev–Trinajstić information content (AvgIpc) is 3.55. The molecule has 1 atom stereocenters. The largest absolute Gasteiger partial charge is 0.352 e. The molecule has 1 N–H and O–H groups in total. The molecular weight excluding hydrogens is 625 g/mol. The molecule has 0 saturated heterocycles. The average molecular weight is 662 g/mol. The number of carbonyl (C=O) groups is 2. The number of halogens is 2. The highest BCUT2D eigenvalue weighted by Gasteiger charge is 2.35. The van der Waals surface area contributed by atoms with Gasteiger partial charge in [0.1, 0.15) is 18.4 Å². The standard InChI is InChI=1S/C36H37ClFN3O4S/c1-26-14-20-33(21-15-26)46(44,45)41(32-18-16-30(38)17-19-32)25-35(42)40(24-28-10-7-11-29(37)22-28)34(23-27-8-3-2-4-9-27)36(43)39-31-12-5-6-13-31/h2-4,7-11,14-22,31,34H,5-6,12-13,23-25H2,1H3,(H,39,43)/t34-/m1/s1. The van der Waals surface area contributed by atoms with Crippen molar-refractivity contribution < 1.29 is 22.4 Å². The lowest BCUT2D eigenvalue weighted by molar-refractivity contribution is -0.140. The normalized spacial score (nSPS) is 14.1. The molecule has 2 amide bonds. The Bertz CT molecular complexity index is 1750. The third-order valence-electron chi connectivity index (χ3n) is 8.22.